The van der Waals surface area contributed by atoms with E-state index in [2.05, 4.69) is 10.3 Å². The quantitative estimate of drug-likeness (QED) is 0.571. The first kappa shape index (κ1) is 15.8. The van der Waals surface area contributed by atoms with Crippen LogP contribution in [0.25, 0.3) is 27.9 Å². The Labute approximate surface area is 148 Å². The van der Waals surface area contributed by atoms with Crippen molar-refractivity contribution < 1.29 is 9.21 Å². The number of fused-ring (bicyclic) bond motifs is 2. The highest BCUT2D eigenvalue weighted by atomic mass is 16.3. The summed E-state index contributed by atoms with van der Waals surface area (Å²) in [5.41, 5.74) is 1.98. The van der Waals surface area contributed by atoms with Gasteiger partial charge in [0, 0.05) is 17.7 Å². The molecular weight excluding hydrogens is 328 g/mol. The van der Waals surface area contributed by atoms with Gasteiger partial charge in [-0.25, -0.2) is 0 Å². The summed E-state index contributed by atoms with van der Waals surface area (Å²) >= 11 is 0. The maximum Gasteiger partial charge on any atom is 0.248 e. The third-order valence-corrected chi connectivity index (χ3v) is 4.01. The highest BCUT2D eigenvalue weighted by molar-refractivity contribution is 6.06. The molecule has 4 aromatic rings. The number of para-hydroxylation sites is 2. The molecule has 0 bridgehead atoms. The van der Waals surface area contributed by atoms with Gasteiger partial charge in [0.05, 0.1) is 22.2 Å². The lowest BCUT2D eigenvalue weighted by Crippen LogP contribution is -2.09. The number of hydrogen-bond acceptors (Lipinski definition) is 4. The number of amides is 1. The minimum Gasteiger partial charge on any atom is -0.463 e. The zero-order chi connectivity index (χ0) is 17.9. The molecule has 5 heteroatoms. The normalized spacial score (nSPS) is 11.2. The van der Waals surface area contributed by atoms with E-state index in [-0.39, 0.29) is 11.3 Å². The van der Waals surface area contributed by atoms with Gasteiger partial charge in [0.15, 0.2) is 5.43 Å². The summed E-state index contributed by atoms with van der Waals surface area (Å²) in [6, 6.07) is 16.3. The maximum absolute atomic E-state index is 12.4. The minimum atomic E-state index is -0.351. The number of carbonyl (C=O) groups excluding carboxylic acids is 1. The zero-order valence-corrected chi connectivity index (χ0v) is 13.7. The highest BCUT2D eigenvalue weighted by Gasteiger charge is 2.06. The fourth-order valence-corrected chi connectivity index (χ4v) is 2.75. The van der Waals surface area contributed by atoms with Crippen LogP contribution in [0.4, 0.5) is 5.69 Å². The van der Waals surface area contributed by atoms with E-state index in [9.17, 15) is 9.59 Å². The molecule has 26 heavy (non-hydrogen) atoms. The molecule has 0 unspecified atom stereocenters. The molecule has 2 heterocycles. The van der Waals surface area contributed by atoms with E-state index in [1.54, 1.807) is 36.5 Å². The summed E-state index contributed by atoms with van der Waals surface area (Å²) in [5, 5.41) is 4.21. The number of anilines is 1. The van der Waals surface area contributed by atoms with Gasteiger partial charge in [-0.1, -0.05) is 30.3 Å². The number of carbonyl (C=O) groups is 1. The fourth-order valence-electron chi connectivity index (χ4n) is 2.75. The van der Waals surface area contributed by atoms with E-state index in [0.717, 1.165) is 5.39 Å². The third kappa shape index (κ3) is 2.98. The van der Waals surface area contributed by atoms with Crippen molar-refractivity contribution >= 4 is 39.5 Å². The van der Waals surface area contributed by atoms with Crippen LogP contribution in [0, 0.1) is 0 Å². The van der Waals surface area contributed by atoms with Crippen molar-refractivity contribution in [1.82, 2.24) is 4.98 Å². The second-order valence-corrected chi connectivity index (χ2v) is 5.72. The molecule has 2 aromatic heterocycles. The second-order valence-electron chi connectivity index (χ2n) is 5.72. The van der Waals surface area contributed by atoms with Crippen molar-refractivity contribution in [3.8, 4) is 0 Å². The van der Waals surface area contributed by atoms with Crippen LogP contribution >= 0.6 is 0 Å². The summed E-state index contributed by atoms with van der Waals surface area (Å²) in [4.78, 5) is 29.0. The summed E-state index contributed by atoms with van der Waals surface area (Å²) in [6.45, 7) is 0. The van der Waals surface area contributed by atoms with Gasteiger partial charge >= 0.3 is 0 Å². The van der Waals surface area contributed by atoms with Crippen molar-refractivity contribution in [3.63, 3.8) is 0 Å². The smallest absolute Gasteiger partial charge is 0.248 e. The van der Waals surface area contributed by atoms with Crippen LogP contribution in [0.5, 0.6) is 0 Å². The lowest BCUT2D eigenvalue weighted by atomic mass is 10.1. The van der Waals surface area contributed by atoms with Gasteiger partial charge in [0.25, 0.3) is 0 Å². The Morgan fingerprint density at radius 3 is 2.81 bits per heavy atom. The Morgan fingerprint density at radius 2 is 1.88 bits per heavy atom. The third-order valence-electron chi connectivity index (χ3n) is 4.01. The number of pyridine rings is 1. The van der Waals surface area contributed by atoms with Crippen LogP contribution in [-0.2, 0) is 4.79 Å². The van der Waals surface area contributed by atoms with Gasteiger partial charge in [-0.3, -0.25) is 14.6 Å². The molecular formula is C21H14N2O3. The van der Waals surface area contributed by atoms with Gasteiger partial charge in [-0.15, -0.1) is 0 Å². The fraction of sp³-hybridized carbons (Fsp3) is 0. The standard InChI is InChI=1S/C21H14N2O3/c24-19(23-17-8-3-5-14-6-4-12-22-20(14)17)11-10-15-13-26-18-9-2-1-7-16(18)21(15)25/h1-13H,(H,23,24)/b11-10+. The average Bonchev–Trinajstić information content (AvgIpc) is 2.68. The molecule has 4 rings (SSSR count). The molecule has 2 aromatic carbocycles. The molecule has 5 nitrogen and oxygen atoms in total. The lowest BCUT2D eigenvalue weighted by molar-refractivity contribution is -0.111. The van der Waals surface area contributed by atoms with Crippen molar-refractivity contribution in [3.05, 3.63) is 88.9 Å². The van der Waals surface area contributed by atoms with Gasteiger partial charge in [-0.05, 0) is 30.3 Å². The van der Waals surface area contributed by atoms with Crippen LogP contribution in [0.15, 0.2) is 82.3 Å². The minimum absolute atomic E-state index is 0.178. The van der Waals surface area contributed by atoms with Crippen molar-refractivity contribution in [2.45, 2.75) is 0 Å². The SMILES string of the molecule is O=C(/C=C/c1coc2ccccc2c1=O)Nc1cccc2cccnc12. The Bertz CT molecular complexity index is 1200. The molecule has 0 fully saturated rings. The van der Waals surface area contributed by atoms with E-state index < -0.39 is 0 Å². The van der Waals surface area contributed by atoms with Crippen LogP contribution in [0.3, 0.4) is 0 Å². The van der Waals surface area contributed by atoms with Gasteiger partial charge in [-0.2, -0.15) is 0 Å². The Kier molecular flexibility index (Phi) is 4.03. The number of aromatic nitrogens is 1. The van der Waals surface area contributed by atoms with Crippen LogP contribution in [-0.4, -0.2) is 10.9 Å². The number of rotatable bonds is 3. The molecule has 0 aliphatic heterocycles. The summed E-state index contributed by atoms with van der Waals surface area (Å²) in [6.07, 6.45) is 5.79. The van der Waals surface area contributed by atoms with E-state index in [1.807, 2.05) is 24.3 Å². The van der Waals surface area contributed by atoms with Crippen molar-refractivity contribution in [2.24, 2.45) is 0 Å². The van der Waals surface area contributed by atoms with Crippen LogP contribution in [0.2, 0.25) is 0 Å². The monoisotopic (exact) mass is 342 g/mol. The molecule has 0 atom stereocenters. The van der Waals surface area contributed by atoms with Gasteiger partial charge in [0.2, 0.25) is 5.91 Å². The summed E-state index contributed by atoms with van der Waals surface area (Å²) in [7, 11) is 0. The van der Waals surface area contributed by atoms with Gasteiger partial charge in [0.1, 0.15) is 11.8 Å². The van der Waals surface area contributed by atoms with E-state index in [1.165, 1.54) is 18.4 Å². The molecule has 0 saturated carbocycles. The number of hydrogen-bond donors (Lipinski definition) is 1. The average molecular weight is 342 g/mol. The topological polar surface area (TPSA) is 72.2 Å². The lowest BCUT2D eigenvalue weighted by Gasteiger charge is -2.05. The molecule has 0 saturated heterocycles. The Balaban J connectivity index is 1.60. The first-order valence-corrected chi connectivity index (χ1v) is 8.06. The summed E-state index contributed by atoms with van der Waals surface area (Å²) in [5.74, 6) is -0.351. The predicted molar refractivity (Wildman–Crippen MR) is 102 cm³/mol. The largest absolute Gasteiger partial charge is 0.463 e. The predicted octanol–water partition coefficient (Wildman–Crippen LogP) is 3.99. The first-order chi connectivity index (χ1) is 12.7. The molecule has 0 aliphatic rings. The van der Waals surface area contributed by atoms with Crippen LogP contribution in [0.1, 0.15) is 5.56 Å². The van der Waals surface area contributed by atoms with E-state index in [0.29, 0.717) is 27.7 Å². The molecule has 0 radical (unpaired) electrons. The zero-order valence-electron chi connectivity index (χ0n) is 13.7. The number of nitrogens with one attached hydrogen (secondary N) is 1. The molecule has 0 spiro atoms. The molecule has 126 valence electrons. The van der Waals surface area contributed by atoms with Crippen molar-refractivity contribution in [2.75, 3.05) is 5.32 Å². The number of nitrogens with zero attached hydrogens (tertiary/aromatic N) is 1. The second kappa shape index (κ2) is 6.64. The highest BCUT2D eigenvalue weighted by Crippen LogP contribution is 2.20. The van der Waals surface area contributed by atoms with Crippen molar-refractivity contribution in [1.29, 1.82) is 0 Å². The Morgan fingerprint density at radius 1 is 1.04 bits per heavy atom. The first-order valence-electron chi connectivity index (χ1n) is 8.06. The van der Waals surface area contributed by atoms with E-state index >= 15 is 0 Å². The van der Waals surface area contributed by atoms with E-state index in [4.69, 9.17) is 4.42 Å². The molecule has 0 aliphatic carbocycles. The summed E-state index contributed by atoms with van der Waals surface area (Å²) < 4.78 is 5.44. The van der Waals surface area contributed by atoms with Gasteiger partial charge < -0.3 is 9.73 Å². The van der Waals surface area contributed by atoms with Crippen LogP contribution < -0.4 is 10.7 Å². The molecule has 1 N–H and O–H groups in total. The Hall–Kier alpha value is -3.73. The molecule has 1 amide bonds. The maximum atomic E-state index is 12.4. The number of benzene rings is 2.